The van der Waals surface area contributed by atoms with Crippen LogP contribution in [0.1, 0.15) is 10.4 Å². The normalized spacial score (nSPS) is 9.95. The Kier molecular flexibility index (Phi) is 4.20. The Labute approximate surface area is 118 Å². The first-order valence-corrected chi connectivity index (χ1v) is 6.19. The molecule has 0 aliphatic rings. The van der Waals surface area contributed by atoms with Gasteiger partial charge >= 0.3 is 0 Å². The SMILES string of the molecule is COc1cccc(NC(=O)c2cccnc2N(C)C)c1. The molecule has 5 nitrogen and oxygen atoms in total. The van der Waals surface area contributed by atoms with Gasteiger partial charge in [0.15, 0.2) is 0 Å². The third-order valence-corrected chi connectivity index (χ3v) is 2.78. The van der Waals surface area contributed by atoms with Crippen molar-refractivity contribution >= 4 is 17.4 Å². The van der Waals surface area contributed by atoms with Crippen LogP contribution >= 0.6 is 0 Å². The van der Waals surface area contributed by atoms with Crippen molar-refractivity contribution in [3.63, 3.8) is 0 Å². The van der Waals surface area contributed by atoms with E-state index in [-0.39, 0.29) is 5.91 Å². The van der Waals surface area contributed by atoms with E-state index < -0.39 is 0 Å². The first kappa shape index (κ1) is 13.9. The number of methoxy groups -OCH3 is 1. The van der Waals surface area contributed by atoms with Crippen LogP contribution in [0.4, 0.5) is 11.5 Å². The summed E-state index contributed by atoms with van der Waals surface area (Å²) in [4.78, 5) is 18.3. The van der Waals surface area contributed by atoms with Crippen molar-refractivity contribution in [1.29, 1.82) is 0 Å². The highest BCUT2D eigenvalue weighted by Gasteiger charge is 2.13. The van der Waals surface area contributed by atoms with Crippen LogP contribution in [-0.2, 0) is 0 Å². The maximum absolute atomic E-state index is 12.3. The highest BCUT2D eigenvalue weighted by atomic mass is 16.5. The second-order valence-corrected chi connectivity index (χ2v) is 4.46. The molecule has 0 aliphatic carbocycles. The summed E-state index contributed by atoms with van der Waals surface area (Å²) in [7, 11) is 5.29. The van der Waals surface area contributed by atoms with E-state index in [0.29, 0.717) is 22.8 Å². The fourth-order valence-corrected chi connectivity index (χ4v) is 1.83. The number of nitrogens with zero attached hydrogens (tertiary/aromatic N) is 2. The number of nitrogens with one attached hydrogen (secondary N) is 1. The molecule has 20 heavy (non-hydrogen) atoms. The molecular formula is C15H17N3O2. The van der Waals surface area contributed by atoms with Gasteiger partial charge < -0.3 is 15.0 Å². The highest BCUT2D eigenvalue weighted by Crippen LogP contribution is 2.20. The summed E-state index contributed by atoms with van der Waals surface area (Å²) in [6, 6.07) is 10.7. The molecule has 0 spiro atoms. The van der Waals surface area contributed by atoms with E-state index in [2.05, 4.69) is 10.3 Å². The Balaban J connectivity index is 2.24. The molecule has 0 aliphatic heterocycles. The zero-order chi connectivity index (χ0) is 14.5. The summed E-state index contributed by atoms with van der Waals surface area (Å²) in [5, 5.41) is 2.84. The zero-order valence-corrected chi connectivity index (χ0v) is 11.8. The van der Waals surface area contributed by atoms with Crippen molar-refractivity contribution in [2.75, 3.05) is 31.4 Å². The first-order valence-electron chi connectivity index (χ1n) is 6.19. The molecule has 0 radical (unpaired) electrons. The molecule has 2 rings (SSSR count). The van der Waals surface area contributed by atoms with Crippen LogP contribution in [0.25, 0.3) is 0 Å². The van der Waals surface area contributed by atoms with Crippen molar-refractivity contribution in [2.45, 2.75) is 0 Å². The molecular weight excluding hydrogens is 254 g/mol. The summed E-state index contributed by atoms with van der Waals surface area (Å²) in [5.41, 5.74) is 1.21. The van der Waals surface area contributed by atoms with Crippen LogP contribution in [-0.4, -0.2) is 32.1 Å². The number of hydrogen-bond donors (Lipinski definition) is 1. The summed E-state index contributed by atoms with van der Waals surface area (Å²) < 4.78 is 5.13. The summed E-state index contributed by atoms with van der Waals surface area (Å²) in [5.74, 6) is 1.13. The Bertz CT molecular complexity index is 612. The standard InChI is InChI=1S/C15H17N3O2/c1-18(2)14-13(8-5-9-16-14)15(19)17-11-6-4-7-12(10-11)20-3/h4-10H,1-3H3,(H,17,19). The van der Waals surface area contributed by atoms with Crippen molar-refractivity contribution < 1.29 is 9.53 Å². The fourth-order valence-electron chi connectivity index (χ4n) is 1.83. The molecule has 0 saturated heterocycles. The molecule has 1 N–H and O–H groups in total. The molecule has 5 heteroatoms. The van der Waals surface area contributed by atoms with E-state index in [4.69, 9.17) is 4.74 Å². The fraction of sp³-hybridized carbons (Fsp3) is 0.200. The average Bonchev–Trinajstić information content (AvgIpc) is 2.47. The van der Waals surface area contributed by atoms with Crippen molar-refractivity contribution in [2.24, 2.45) is 0 Å². The molecule has 0 bridgehead atoms. The number of hydrogen-bond acceptors (Lipinski definition) is 4. The molecule has 2 aromatic rings. The van der Waals surface area contributed by atoms with Gasteiger partial charge in [-0.1, -0.05) is 6.07 Å². The van der Waals surface area contributed by atoms with Gasteiger partial charge in [0.25, 0.3) is 5.91 Å². The van der Waals surface area contributed by atoms with Crippen LogP contribution in [0.5, 0.6) is 5.75 Å². The molecule has 1 aromatic carbocycles. The van der Waals surface area contributed by atoms with Crippen LogP contribution < -0.4 is 15.0 Å². The molecule has 0 fully saturated rings. The maximum atomic E-state index is 12.3. The zero-order valence-electron chi connectivity index (χ0n) is 11.8. The molecule has 1 amide bonds. The summed E-state index contributed by atoms with van der Waals surface area (Å²) >= 11 is 0. The molecule has 0 unspecified atom stereocenters. The van der Waals surface area contributed by atoms with Crippen molar-refractivity contribution in [1.82, 2.24) is 4.98 Å². The number of pyridine rings is 1. The largest absolute Gasteiger partial charge is 0.497 e. The van der Waals surface area contributed by atoms with Gasteiger partial charge in [0, 0.05) is 32.0 Å². The van der Waals surface area contributed by atoms with E-state index in [9.17, 15) is 4.79 Å². The predicted octanol–water partition coefficient (Wildman–Crippen LogP) is 2.41. The van der Waals surface area contributed by atoms with Crippen LogP contribution in [0.3, 0.4) is 0 Å². The predicted molar refractivity (Wildman–Crippen MR) is 79.5 cm³/mol. The minimum Gasteiger partial charge on any atom is -0.497 e. The number of anilines is 2. The summed E-state index contributed by atoms with van der Waals surface area (Å²) in [6.45, 7) is 0. The van der Waals surface area contributed by atoms with Gasteiger partial charge in [-0.05, 0) is 24.3 Å². The van der Waals surface area contributed by atoms with Crippen LogP contribution in [0.15, 0.2) is 42.6 Å². The minimum absolute atomic E-state index is 0.199. The van der Waals surface area contributed by atoms with Gasteiger partial charge in [-0.2, -0.15) is 0 Å². The Morgan fingerprint density at radius 3 is 2.75 bits per heavy atom. The van der Waals surface area contributed by atoms with Gasteiger partial charge in [-0.25, -0.2) is 4.98 Å². The van der Waals surface area contributed by atoms with E-state index in [1.54, 1.807) is 36.4 Å². The number of amides is 1. The summed E-state index contributed by atoms with van der Waals surface area (Å²) in [6.07, 6.45) is 1.66. The van der Waals surface area contributed by atoms with Crippen LogP contribution in [0.2, 0.25) is 0 Å². The van der Waals surface area contributed by atoms with Crippen molar-refractivity contribution in [3.05, 3.63) is 48.2 Å². The molecule has 1 heterocycles. The monoisotopic (exact) mass is 271 g/mol. The molecule has 1 aromatic heterocycles. The smallest absolute Gasteiger partial charge is 0.259 e. The molecule has 104 valence electrons. The lowest BCUT2D eigenvalue weighted by molar-refractivity contribution is 0.102. The molecule has 0 atom stereocenters. The number of rotatable bonds is 4. The van der Waals surface area contributed by atoms with Gasteiger partial charge in [0.1, 0.15) is 11.6 Å². The van der Waals surface area contributed by atoms with Gasteiger partial charge in [0.05, 0.1) is 12.7 Å². The lowest BCUT2D eigenvalue weighted by atomic mass is 10.2. The van der Waals surface area contributed by atoms with Gasteiger partial charge in [-0.3, -0.25) is 4.79 Å². The second-order valence-electron chi connectivity index (χ2n) is 4.46. The van der Waals surface area contributed by atoms with Crippen molar-refractivity contribution in [3.8, 4) is 5.75 Å². The number of aromatic nitrogens is 1. The van der Waals surface area contributed by atoms with Gasteiger partial charge in [0.2, 0.25) is 0 Å². The number of ether oxygens (including phenoxy) is 1. The third kappa shape index (κ3) is 3.06. The number of benzene rings is 1. The van der Waals surface area contributed by atoms with E-state index >= 15 is 0 Å². The van der Waals surface area contributed by atoms with Gasteiger partial charge in [-0.15, -0.1) is 0 Å². The highest BCUT2D eigenvalue weighted by molar-refractivity contribution is 6.07. The lowest BCUT2D eigenvalue weighted by Crippen LogP contribution is -2.19. The minimum atomic E-state index is -0.199. The van der Waals surface area contributed by atoms with Crippen LogP contribution in [0, 0.1) is 0 Å². The topological polar surface area (TPSA) is 54.5 Å². The third-order valence-electron chi connectivity index (χ3n) is 2.78. The maximum Gasteiger partial charge on any atom is 0.259 e. The number of carbonyl (C=O) groups excluding carboxylic acids is 1. The van der Waals surface area contributed by atoms with E-state index in [1.807, 2.05) is 32.3 Å². The Morgan fingerprint density at radius 1 is 1.25 bits per heavy atom. The second kappa shape index (κ2) is 6.06. The Morgan fingerprint density at radius 2 is 2.05 bits per heavy atom. The first-order chi connectivity index (χ1) is 9.61. The molecule has 0 saturated carbocycles. The number of carbonyl (C=O) groups is 1. The lowest BCUT2D eigenvalue weighted by Gasteiger charge is -2.15. The van der Waals surface area contributed by atoms with E-state index in [1.165, 1.54) is 0 Å². The quantitative estimate of drug-likeness (QED) is 0.927. The van der Waals surface area contributed by atoms with E-state index in [0.717, 1.165) is 0 Å². The Hall–Kier alpha value is -2.56. The average molecular weight is 271 g/mol.